The van der Waals surface area contributed by atoms with E-state index in [0.29, 0.717) is 45.4 Å². The predicted molar refractivity (Wildman–Crippen MR) is 252 cm³/mol. The number of piperazine rings is 1. The smallest absolute Gasteiger partial charge is 0.410 e. The highest BCUT2D eigenvalue weighted by atomic mass is 28.4. The molecular formula is C48H86N2O10Si2. The number of nitrogens with one attached hydrogen (secondary N) is 1. The van der Waals surface area contributed by atoms with E-state index in [4.69, 9.17) is 32.5 Å². The second-order valence-electron chi connectivity index (χ2n) is 18.6. The molecule has 0 bridgehead atoms. The van der Waals surface area contributed by atoms with E-state index in [1.54, 1.807) is 18.1 Å². The molecule has 2 saturated heterocycles. The zero-order valence-electron chi connectivity index (χ0n) is 41.1. The van der Waals surface area contributed by atoms with Crippen molar-refractivity contribution in [3.63, 3.8) is 0 Å². The Morgan fingerprint density at radius 1 is 1.00 bits per heavy atom. The maximum atomic E-state index is 14.0. The molecule has 2 fully saturated rings. The number of nitrogens with zero attached hydrogens (tertiary/aromatic N) is 1. The van der Waals surface area contributed by atoms with Crippen molar-refractivity contribution < 1.29 is 46.9 Å². The summed E-state index contributed by atoms with van der Waals surface area (Å²) in [5.74, 6) is -0.881. The predicted octanol–water partition coefficient (Wildman–Crippen LogP) is 9.90. The minimum absolute atomic E-state index is 0.0516. The van der Waals surface area contributed by atoms with Crippen LogP contribution in [0.3, 0.4) is 0 Å². The lowest BCUT2D eigenvalue weighted by Crippen LogP contribution is -2.52. The summed E-state index contributed by atoms with van der Waals surface area (Å²) in [6.45, 7) is 29.4. The number of ether oxygens (including phenoxy) is 5. The molecule has 0 aromatic rings. The zero-order valence-corrected chi connectivity index (χ0v) is 43.1. The highest BCUT2D eigenvalue weighted by molar-refractivity contribution is 6.74. The van der Waals surface area contributed by atoms with E-state index in [0.717, 1.165) is 48.3 Å². The van der Waals surface area contributed by atoms with Crippen molar-refractivity contribution in [2.45, 2.75) is 206 Å². The van der Waals surface area contributed by atoms with Gasteiger partial charge in [-0.15, -0.1) is 0 Å². The first-order valence-corrected chi connectivity index (χ1v) is 29.1. The Kier molecular flexibility index (Phi) is 21.6. The van der Waals surface area contributed by atoms with Crippen LogP contribution in [-0.2, 0) is 42.1 Å². The van der Waals surface area contributed by atoms with Gasteiger partial charge in [0.2, 0.25) is 0 Å². The first-order valence-electron chi connectivity index (χ1n) is 24.0. The van der Waals surface area contributed by atoms with Crippen LogP contribution in [0.25, 0.3) is 0 Å². The lowest BCUT2D eigenvalue weighted by Gasteiger charge is -2.40. The molecule has 3 aliphatic heterocycles. The molecule has 14 heteroatoms. The van der Waals surface area contributed by atoms with Crippen LogP contribution >= 0.6 is 0 Å². The Balaban J connectivity index is 1.92. The quantitative estimate of drug-likeness (QED) is 0.0295. The van der Waals surface area contributed by atoms with Gasteiger partial charge in [0.15, 0.2) is 28.3 Å². The van der Waals surface area contributed by atoms with Crippen LogP contribution in [0.1, 0.15) is 122 Å². The summed E-state index contributed by atoms with van der Waals surface area (Å²) in [5, 5.41) is 3.27. The van der Waals surface area contributed by atoms with Gasteiger partial charge in [-0.3, -0.25) is 9.59 Å². The van der Waals surface area contributed by atoms with E-state index in [1.165, 1.54) is 6.92 Å². The maximum absolute atomic E-state index is 14.0. The Labute approximate surface area is 377 Å². The van der Waals surface area contributed by atoms with Crippen molar-refractivity contribution in [2.75, 3.05) is 33.3 Å². The van der Waals surface area contributed by atoms with Gasteiger partial charge in [0.05, 0.1) is 30.3 Å². The topological polar surface area (TPSA) is 134 Å². The summed E-state index contributed by atoms with van der Waals surface area (Å²) in [6.07, 6.45) is 10.0. The van der Waals surface area contributed by atoms with Crippen LogP contribution in [-0.4, -0.2) is 121 Å². The van der Waals surface area contributed by atoms with E-state index < -0.39 is 58.2 Å². The van der Waals surface area contributed by atoms with E-state index in [9.17, 15) is 14.4 Å². The molecular weight excluding hydrogens is 821 g/mol. The lowest BCUT2D eigenvalue weighted by molar-refractivity contribution is -0.158. The van der Waals surface area contributed by atoms with Crippen molar-refractivity contribution >= 4 is 34.7 Å². The van der Waals surface area contributed by atoms with Gasteiger partial charge < -0.3 is 42.8 Å². The number of hydrogen-bond acceptors (Lipinski definition) is 11. The fraction of sp³-hybridized carbons (Fsp3) is 0.812. The normalized spacial score (nSPS) is 29.4. The highest BCUT2D eigenvalue weighted by Crippen LogP contribution is 2.41. The summed E-state index contributed by atoms with van der Waals surface area (Å²) >= 11 is 0. The van der Waals surface area contributed by atoms with Crippen LogP contribution in [0, 0.1) is 11.8 Å². The van der Waals surface area contributed by atoms with Crippen molar-refractivity contribution in [3.8, 4) is 0 Å². The Morgan fingerprint density at radius 3 is 2.16 bits per heavy atom. The average molecular weight is 907 g/mol. The standard InChI is InChI=1S/C48H86N2O10Si2/c1-15-40(60-62(19-5,20-6)21-7)37(10)45-41(56-45)34-47(12,54-14)27-22-23-35(8)44-36(9)24-25-42(55-38(11)51)48(13,58-46(53)50-31-29-49-30-32-50)28-26-39(33-43(52)57-44)59-61(16-2,17-3)18-4/h22-25,27,36-37,39-42,44-45,49H,15-21,26,28-34H2,1-14H3/b25-24+,27-22+,35-23+/t36-,37+,39+,40-,41+,42-,44+,45+,47-,48+/m0/s1. The average Bonchev–Trinajstić information content (AvgIpc) is 4.03. The van der Waals surface area contributed by atoms with E-state index in [2.05, 4.69) is 73.7 Å². The summed E-state index contributed by atoms with van der Waals surface area (Å²) < 4.78 is 45.0. The van der Waals surface area contributed by atoms with Gasteiger partial charge >= 0.3 is 18.0 Å². The third-order valence-corrected chi connectivity index (χ3v) is 23.8. The zero-order chi connectivity index (χ0) is 46.3. The van der Waals surface area contributed by atoms with Gasteiger partial charge in [0.1, 0.15) is 6.10 Å². The Bertz CT molecular complexity index is 1500. The molecule has 1 N–H and O–H groups in total. The number of carbonyl (C=O) groups is 3. The van der Waals surface area contributed by atoms with Crippen molar-refractivity contribution in [1.82, 2.24) is 10.2 Å². The van der Waals surface area contributed by atoms with Crippen LogP contribution in [0.15, 0.2) is 36.0 Å². The van der Waals surface area contributed by atoms with Crippen LogP contribution in [0.5, 0.6) is 0 Å². The maximum Gasteiger partial charge on any atom is 0.410 e. The van der Waals surface area contributed by atoms with Gasteiger partial charge in [-0.2, -0.15) is 0 Å². The molecule has 0 aliphatic carbocycles. The Hall–Kier alpha value is -2.34. The fourth-order valence-electron chi connectivity index (χ4n) is 9.28. The third kappa shape index (κ3) is 15.1. The molecule has 0 spiro atoms. The minimum Gasteiger partial charge on any atom is -0.457 e. The summed E-state index contributed by atoms with van der Waals surface area (Å²) in [6, 6.07) is 6.11. The number of cyclic esters (lactones) is 1. The molecule has 0 saturated carbocycles. The molecule has 0 aromatic heterocycles. The number of methoxy groups -OCH3 is 1. The molecule has 3 heterocycles. The number of epoxide rings is 1. The van der Waals surface area contributed by atoms with E-state index in [1.807, 2.05) is 39.0 Å². The highest BCUT2D eigenvalue weighted by Gasteiger charge is 2.49. The van der Waals surface area contributed by atoms with Crippen molar-refractivity contribution in [3.05, 3.63) is 36.0 Å². The molecule has 1 amide bonds. The third-order valence-electron chi connectivity index (χ3n) is 14.4. The fourth-order valence-corrected chi connectivity index (χ4v) is 15.2. The second-order valence-corrected chi connectivity index (χ2v) is 28.1. The first-order chi connectivity index (χ1) is 29.3. The molecule has 0 aromatic carbocycles. The van der Waals surface area contributed by atoms with Gasteiger partial charge in [-0.1, -0.05) is 86.6 Å². The van der Waals surface area contributed by atoms with Crippen molar-refractivity contribution in [1.29, 1.82) is 0 Å². The number of allylic oxidation sites excluding steroid dienone is 2. The number of esters is 2. The molecule has 0 radical (unpaired) electrons. The lowest BCUT2D eigenvalue weighted by atomic mass is 9.88. The van der Waals surface area contributed by atoms with Crippen LogP contribution < -0.4 is 5.32 Å². The molecule has 12 nitrogen and oxygen atoms in total. The molecule has 10 atom stereocenters. The van der Waals surface area contributed by atoms with Gasteiger partial charge in [-0.25, -0.2) is 4.79 Å². The summed E-state index contributed by atoms with van der Waals surface area (Å²) in [5.41, 5.74) is -0.996. The summed E-state index contributed by atoms with van der Waals surface area (Å²) in [7, 11) is -2.21. The summed E-state index contributed by atoms with van der Waals surface area (Å²) in [4.78, 5) is 42.0. The molecule has 3 aliphatic rings. The number of hydrogen-bond donors (Lipinski definition) is 1. The van der Waals surface area contributed by atoms with Crippen LogP contribution in [0.2, 0.25) is 36.3 Å². The second kappa shape index (κ2) is 24.8. The van der Waals surface area contributed by atoms with Gasteiger partial charge in [-0.05, 0) is 87.9 Å². The van der Waals surface area contributed by atoms with E-state index in [-0.39, 0.29) is 42.5 Å². The van der Waals surface area contributed by atoms with Gasteiger partial charge in [0, 0.05) is 64.6 Å². The molecule has 3 rings (SSSR count). The minimum atomic E-state index is -2.18. The van der Waals surface area contributed by atoms with Crippen LogP contribution in [0.4, 0.5) is 4.79 Å². The molecule has 356 valence electrons. The number of amides is 1. The molecule has 62 heavy (non-hydrogen) atoms. The number of rotatable bonds is 21. The van der Waals surface area contributed by atoms with Gasteiger partial charge in [0.25, 0.3) is 0 Å². The largest absolute Gasteiger partial charge is 0.457 e. The van der Waals surface area contributed by atoms with Crippen molar-refractivity contribution in [2.24, 2.45) is 11.8 Å². The monoisotopic (exact) mass is 907 g/mol. The SMILES string of the molecule is CC[C@H](O[Si](CC)(CC)CC)[C@@H](C)[C@H]1O[C@@H]1C[C@](C)(/C=C/C=C(\C)[C@H]1OC(=O)C[C@H](O[Si](CC)(CC)CC)CC[C@@](C)(OC(=O)N2CCNCC2)[C@@H](OC(C)=O)/C=C/[C@@H]1C)OC. The Morgan fingerprint density at radius 2 is 1.61 bits per heavy atom. The number of carbonyl (C=O) groups excluding carboxylic acids is 3. The van der Waals surface area contributed by atoms with E-state index >= 15 is 0 Å². The molecule has 0 unspecified atom stereocenters. The first kappa shape index (κ1) is 54.0.